The molecule has 1 saturated carbocycles. The molecule has 1 aromatic heterocycles. The van der Waals surface area contributed by atoms with Gasteiger partial charge in [0.05, 0.1) is 33.1 Å². The van der Waals surface area contributed by atoms with Gasteiger partial charge in [0.15, 0.2) is 11.5 Å². The Kier molecular flexibility index (Phi) is 11.1. The smallest absolute Gasteiger partial charge is 0.410 e. The fourth-order valence-electron chi connectivity index (χ4n) is 7.43. The number of ether oxygens (including phenoxy) is 4. The number of rotatable bonds is 8. The van der Waals surface area contributed by atoms with Crippen LogP contribution in [0.4, 0.5) is 4.79 Å². The zero-order valence-electron chi connectivity index (χ0n) is 30.2. The summed E-state index contributed by atoms with van der Waals surface area (Å²) >= 11 is 0. The summed E-state index contributed by atoms with van der Waals surface area (Å²) in [5, 5.41) is 5.79. The number of hydrogen-bond acceptors (Lipinski definition) is 11. The Morgan fingerprint density at radius 2 is 1.60 bits per heavy atom. The molecule has 1 aromatic carbocycles. The molecule has 0 unspecified atom stereocenters. The van der Waals surface area contributed by atoms with Crippen LogP contribution in [0.2, 0.25) is 0 Å². The average molecular weight is 721 g/mol. The lowest BCUT2D eigenvalue weighted by molar-refractivity contribution is -0.153. The minimum Gasteiger partial charge on any atom is -0.490 e. The van der Waals surface area contributed by atoms with E-state index in [9.17, 15) is 24.0 Å². The van der Waals surface area contributed by atoms with Gasteiger partial charge < -0.3 is 34.5 Å². The summed E-state index contributed by atoms with van der Waals surface area (Å²) in [6.45, 7) is 7.09. The number of nitrogens with zero attached hydrogens (tertiary/aromatic N) is 4. The van der Waals surface area contributed by atoms with Crippen LogP contribution in [0, 0.1) is 11.3 Å². The lowest BCUT2D eigenvalue weighted by Crippen LogP contribution is -2.61. The first kappa shape index (κ1) is 36.8. The Labute approximate surface area is 303 Å². The first-order chi connectivity index (χ1) is 24.9. The largest absolute Gasteiger partial charge is 0.490 e. The molecule has 2 fully saturated rings. The van der Waals surface area contributed by atoms with Gasteiger partial charge >= 0.3 is 12.1 Å². The molecule has 4 amide bonds. The van der Waals surface area contributed by atoms with Crippen molar-refractivity contribution < 1.29 is 42.9 Å². The highest BCUT2D eigenvalue weighted by Gasteiger charge is 2.48. The maximum atomic E-state index is 14.4. The number of methoxy groups -OCH3 is 1. The molecule has 280 valence electrons. The van der Waals surface area contributed by atoms with Gasteiger partial charge in [-0.2, -0.15) is 0 Å². The minimum absolute atomic E-state index is 0.0323. The molecule has 0 radical (unpaired) electrons. The molecule has 4 atom stereocenters. The van der Waals surface area contributed by atoms with Crippen molar-refractivity contribution in [2.24, 2.45) is 11.3 Å². The molecule has 3 aliphatic heterocycles. The Morgan fingerprint density at radius 3 is 2.19 bits per heavy atom. The van der Waals surface area contributed by atoms with Gasteiger partial charge in [0.1, 0.15) is 29.9 Å². The summed E-state index contributed by atoms with van der Waals surface area (Å²) in [5.41, 5.74) is 1.13. The molecule has 0 spiro atoms. The molecule has 2 N–H and O–H groups in total. The van der Waals surface area contributed by atoms with Gasteiger partial charge in [0.25, 0.3) is 5.91 Å². The van der Waals surface area contributed by atoms with Gasteiger partial charge in [-0.25, -0.2) is 14.6 Å². The zero-order valence-corrected chi connectivity index (χ0v) is 30.2. The van der Waals surface area contributed by atoms with Crippen molar-refractivity contribution in [3.05, 3.63) is 47.5 Å². The first-order valence-corrected chi connectivity index (χ1v) is 18.1. The van der Waals surface area contributed by atoms with E-state index in [2.05, 4.69) is 20.6 Å². The second kappa shape index (κ2) is 15.7. The third kappa shape index (κ3) is 8.23. The van der Waals surface area contributed by atoms with Gasteiger partial charge in [0, 0.05) is 38.3 Å². The zero-order chi connectivity index (χ0) is 37.0. The van der Waals surface area contributed by atoms with Crippen molar-refractivity contribution in [3.63, 3.8) is 0 Å². The number of likely N-dealkylation sites (tertiary alicyclic amines) is 1. The fraction of sp³-hybridized carbons (Fsp3) is 0.595. The van der Waals surface area contributed by atoms with Crippen LogP contribution >= 0.6 is 0 Å². The van der Waals surface area contributed by atoms with Crippen LogP contribution in [0.25, 0.3) is 0 Å². The van der Waals surface area contributed by atoms with Crippen LogP contribution in [0.5, 0.6) is 11.5 Å². The molecule has 2 aromatic rings. The summed E-state index contributed by atoms with van der Waals surface area (Å²) in [6.07, 6.45) is 7.98. The summed E-state index contributed by atoms with van der Waals surface area (Å²) in [5.74, 6) is -1.06. The number of benzene rings is 1. The predicted molar refractivity (Wildman–Crippen MR) is 185 cm³/mol. The first-order valence-electron chi connectivity index (χ1n) is 18.1. The lowest BCUT2D eigenvalue weighted by Gasteiger charge is -2.37. The molecule has 0 bridgehead atoms. The second-order valence-corrected chi connectivity index (χ2v) is 15.0. The maximum absolute atomic E-state index is 14.4. The number of hydrogen-bond donors (Lipinski definition) is 2. The Hall–Kier alpha value is -4.95. The second-order valence-electron chi connectivity index (χ2n) is 15.0. The molecular formula is C37H48N6O9. The highest BCUT2D eigenvalue weighted by atomic mass is 16.6. The lowest BCUT2D eigenvalue weighted by atomic mass is 9.82. The van der Waals surface area contributed by atoms with Crippen LogP contribution in [0.15, 0.2) is 30.7 Å². The summed E-state index contributed by atoms with van der Waals surface area (Å²) in [4.78, 5) is 79.1. The number of carbonyl (C=O) groups excluding carboxylic acids is 5. The van der Waals surface area contributed by atoms with Crippen molar-refractivity contribution in [2.75, 3.05) is 26.9 Å². The molecular weight excluding hydrogens is 672 g/mol. The maximum Gasteiger partial charge on any atom is 0.410 e. The fourth-order valence-corrected chi connectivity index (χ4v) is 7.43. The highest BCUT2D eigenvalue weighted by Crippen LogP contribution is 2.37. The highest BCUT2D eigenvalue weighted by molar-refractivity contribution is 5.98. The number of fused-ring (bicyclic) bond motifs is 2. The number of esters is 1. The molecule has 15 nitrogen and oxygen atoms in total. The van der Waals surface area contributed by atoms with Crippen molar-refractivity contribution in [2.45, 2.75) is 103 Å². The number of carbonyl (C=O) groups is 5. The molecule has 1 aliphatic carbocycles. The molecule has 52 heavy (non-hydrogen) atoms. The monoisotopic (exact) mass is 720 g/mol. The van der Waals surface area contributed by atoms with Gasteiger partial charge in [0.2, 0.25) is 11.8 Å². The molecule has 4 aliphatic rings. The van der Waals surface area contributed by atoms with Crippen molar-refractivity contribution in [1.29, 1.82) is 0 Å². The van der Waals surface area contributed by atoms with E-state index >= 15 is 0 Å². The van der Waals surface area contributed by atoms with E-state index in [-0.39, 0.29) is 24.6 Å². The van der Waals surface area contributed by atoms with Crippen LogP contribution in [-0.4, -0.2) is 101 Å². The molecule has 4 heterocycles. The van der Waals surface area contributed by atoms with Gasteiger partial charge in [-0.1, -0.05) is 40.0 Å². The van der Waals surface area contributed by atoms with Gasteiger partial charge in [-0.05, 0) is 47.4 Å². The van der Waals surface area contributed by atoms with E-state index in [1.807, 2.05) is 32.9 Å². The minimum atomic E-state index is -1.09. The van der Waals surface area contributed by atoms with Crippen LogP contribution < -0.4 is 20.1 Å². The van der Waals surface area contributed by atoms with Crippen molar-refractivity contribution in [3.8, 4) is 11.5 Å². The normalized spacial score (nSPS) is 21.3. The van der Waals surface area contributed by atoms with Crippen molar-refractivity contribution in [1.82, 2.24) is 30.4 Å². The quantitative estimate of drug-likeness (QED) is 0.383. The van der Waals surface area contributed by atoms with Crippen LogP contribution in [-0.2, 0) is 36.9 Å². The van der Waals surface area contributed by atoms with Crippen molar-refractivity contribution >= 4 is 29.8 Å². The summed E-state index contributed by atoms with van der Waals surface area (Å²) in [7, 11) is 1.23. The van der Waals surface area contributed by atoms with E-state index in [0.717, 1.165) is 49.7 Å². The molecule has 6 rings (SSSR count). The van der Waals surface area contributed by atoms with Crippen LogP contribution in [0.3, 0.4) is 0 Å². The number of amides is 4. The third-order valence-corrected chi connectivity index (χ3v) is 10.2. The number of nitrogens with one attached hydrogen (secondary N) is 2. The van der Waals surface area contributed by atoms with E-state index in [1.54, 1.807) is 4.90 Å². The Morgan fingerprint density at radius 1 is 0.923 bits per heavy atom. The molecule has 15 heteroatoms. The van der Waals surface area contributed by atoms with E-state index in [4.69, 9.17) is 18.9 Å². The molecule has 1 saturated heterocycles. The van der Waals surface area contributed by atoms with Crippen LogP contribution in [0.1, 0.15) is 87.3 Å². The van der Waals surface area contributed by atoms with E-state index in [1.165, 1.54) is 30.6 Å². The van der Waals surface area contributed by atoms with Gasteiger partial charge in [-0.3, -0.25) is 24.3 Å². The van der Waals surface area contributed by atoms with E-state index in [0.29, 0.717) is 37.8 Å². The Balaban J connectivity index is 1.15. The van der Waals surface area contributed by atoms with E-state index < -0.39 is 59.4 Å². The topological polar surface area (TPSA) is 179 Å². The SMILES string of the molecule is COC(=O)[C@@H]1C[C@@H](OC(=O)N2Cc3cc4c(cc3C2)OCCCO4)CN1C(=O)[C@@H](NC(=O)[C@@H](NC(=O)c1cnccn1)C1CCCCC1)C(C)(C)C. The average Bonchev–Trinajstić information content (AvgIpc) is 3.68. The number of aromatic nitrogens is 2. The third-order valence-electron chi connectivity index (χ3n) is 10.2. The van der Waals surface area contributed by atoms with Gasteiger partial charge in [-0.15, -0.1) is 0 Å². The Bertz CT molecular complexity index is 1620. The predicted octanol–water partition coefficient (Wildman–Crippen LogP) is 3.14. The standard InChI is InChI=1S/C37H48N6O9/c1-37(2,3)31(41-33(45)30(22-9-6-5-7-10-22)40-32(44)26-18-38-11-12-39-26)34(46)43-21-25(17-27(43)35(47)49-4)52-36(48)42-19-23-15-28-29(16-24(23)20-42)51-14-8-13-50-28/h11-12,15-16,18,22,25,27,30-31H,5-10,13-14,17,19-21H2,1-4H3,(H,40,44)(H,41,45)/t25-,27+,30+,31-/m1/s1. The summed E-state index contributed by atoms with van der Waals surface area (Å²) < 4.78 is 22.6. The summed E-state index contributed by atoms with van der Waals surface area (Å²) in [6, 6.07) is 0.743.